The predicted molar refractivity (Wildman–Crippen MR) is 102 cm³/mol. The first kappa shape index (κ1) is 22.1. The summed E-state index contributed by atoms with van der Waals surface area (Å²) in [6.45, 7) is 5.06. The molecule has 0 fully saturated rings. The molecule has 0 heterocycles. The molecule has 1 rings (SSSR count). The zero-order chi connectivity index (χ0) is 16.2. The largest absolute Gasteiger partial charge is 0.382 e. The lowest BCUT2D eigenvalue weighted by atomic mass is 10.1. The van der Waals surface area contributed by atoms with Gasteiger partial charge in [-0.15, -0.1) is 24.0 Å². The lowest BCUT2D eigenvalue weighted by Crippen LogP contribution is -2.37. The fraction of sp³-hybridized carbons (Fsp3) is 0.562. The van der Waals surface area contributed by atoms with Gasteiger partial charge in [-0.1, -0.05) is 12.1 Å². The van der Waals surface area contributed by atoms with E-state index in [2.05, 4.69) is 15.6 Å². The summed E-state index contributed by atoms with van der Waals surface area (Å²) in [5, 5.41) is 6.41. The Labute approximate surface area is 155 Å². The maximum absolute atomic E-state index is 13.2. The summed E-state index contributed by atoms with van der Waals surface area (Å²) in [6, 6.07) is 5.09. The molecule has 0 unspecified atom stereocenters. The number of hydrogen-bond donors (Lipinski definition) is 2. The zero-order valence-electron chi connectivity index (χ0n) is 14.0. The molecule has 5 nitrogen and oxygen atoms in total. The van der Waals surface area contributed by atoms with Crippen molar-refractivity contribution in [3.8, 4) is 0 Å². The Morgan fingerprint density at radius 2 is 2.00 bits per heavy atom. The molecular weight excluding hydrogens is 412 g/mol. The number of benzene rings is 1. The van der Waals surface area contributed by atoms with Crippen LogP contribution in [0.2, 0.25) is 0 Å². The Balaban J connectivity index is 0.00000484. The predicted octanol–water partition coefficient (Wildman–Crippen LogP) is 2.47. The number of halogens is 2. The molecule has 23 heavy (non-hydrogen) atoms. The molecule has 0 aliphatic heterocycles. The average molecular weight is 439 g/mol. The van der Waals surface area contributed by atoms with E-state index in [0.717, 1.165) is 24.5 Å². The highest BCUT2D eigenvalue weighted by atomic mass is 127. The van der Waals surface area contributed by atoms with Crippen molar-refractivity contribution in [3.05, 3.63) is 35.1 Å². The van der Waals surface area contributed by atoms with E-state index < -0.39 is 0 Å². The fourth-order valence-corrected chi connectivity index (χ4v) is 1.85. The monoisotopic (exact) mass is 439 g/mol. The number of aliphatic imine (C=N–C) groups is 1. The second-order valence-corrected chi connectivity index (χ2v) is 4.89. The number of rotatable bonds is 9. The fourth-order valence-electron chi connectivity index (χ4n) is 1.85. The Morgan fingerprint density at radius 1 is 1.22 bits per heavy atom. The summed E-state index contributed by atoms with van der Waals surface area (Å²) in [6.07, 6.45) is 0.889. The summed E-state index contributed by atoms with van der Waals surface area (Å²) in [4.78, 5) is 4.15. The van der Waals surface area contributed by atoms with Crippen LogP contribution in [0.15, 0.2) is 23.2 Å². The highest BCUT2D eigenvalue weighted by molar-refractivity contribution is 14.0. The molecule has 0 radical (unpaired) electrons. The van der Waals surface area contributed by atoms with Crippen molar-refractivity contribution < 1.29 is 13.9 Å². The van der Waals surface area contributed by atoms with Crippen LogP contribution in [0, 0.1) is 12.7 Å². The van der Waals surface area contributed by atoms with Gasteiger partial charge in [-0.3, -0.25) is 4.99 Å². The van der Waals surface area contributed by atoms with Gasteiger partial charge >= 0.3 is 0 Å². The highest BCUT2D eigenvalue weighted by Crippen LogP contribution is 2.08. The number of guanidine groups is 1. The van der Waals surface area contributed by atoms with Gasteiger partial charge in [-0.05, 0) is 30.5 Å². The minimum atomic E-state index is -0.181. The Hall–Kier alpha value is -0.930. The van der Waals surface area contributed by atoms with Gasteiger partial charge in [0, 0.05) is 33.9 Å². The topological polar surface area (TPSA) is 54.9 Å². The summed E-state index contributed by atoms with van der Waals surface area (Å²) < 4.78 is 23.5. The summed E-state index contributed by atoms with van der Waals surface area (Å²) >= 11 is 0. The number of ether oxygens (including phenoxy) is 2. The van der Waals surface area contributed by atoms with Gasteiger partial charge in [0.25, 0.3) is 0 Å². The van der Waals surface area contributed by atoms with E-state index in [1.54, 1.807) is 27.1 Å². The van der Waals surface area contributed by atoms with Gasteiger partial charge in [-0.25, -0.2) is 4.39 Å². The molecule has 1 aromatic carbocycles. The van der Waals surface area contributed by atoms with Crippen LogP contribution in [-0.4, -0.2) is 46.5 Å². The second-order valence-electron chi connectivity index (χ2n) is 4.89. The van der Waals surface area contributed by atoms with Crippen molar-refractivity contribution in [1.82, 2.24) is 10.6 Å². The van der Waals surface area contributed by atoms with E-state index in [1.807, 2.05) is 6.07 Å². The summed E-state index contributed by atoms with van der Waals surface area (Å²) in [5.41, 5.74) is 1.67. The van der Waals surface area contributed by atoms with Crippen molar-refractivity contribution >= 4 is 29.9 Å². The summed E-state index contributed by atoms with van der Waals surface area (Å²) in [5.74, 6) is 0.540. The lowest BCUT2D eigenvalue weighted by molar-refractivity contribution is 0.0698. The van der Waals surface area contributed by atoms with E-state index in [1.165, 1.54) is 6.07 Å². The highest BCUT2D eigenvalue weighted by Gasteiger charge is 2.01. The molecule has 7 heteroatoms. The number of nitrogens with zero attached hydrogens (tertiary/aromatic N) is 1. The Kier molecular flexibility index (Phi) is 13.0. The molecule has 2 N–H and O–H groups in total. The standard InChI is InChI=1S/C16H26FN3O2.HI/c1-13-11-14(5-6-15(13)17)12-20-16(18-2)19-7-4-8-22-10-9-21-3;/h5-6,11H,4,7-10,12H2,1-3H3,(H2,18,19,20);1H. The smallest absolute Gasteiger partial charge is 0.191 e. The van der Waals surface area contributed by atoms with Crippen molar-refractivity contribution in [3.63, 3.8) is 0 Å². The molecule has 0 aliphatic rings. The van der Waals surface area contributed by atoms with E-state index in [0.29, 0.717) is 31.9 Å². The normalized spacial score (nSPS) is 11.0. The molecule has 0 bridgehead atoms. The summed E-state index contributed by atoms with van der Waals surface area (Å²) in [7, 11) is 3.38. The van der Waals surface area contributed by atoms with Crippen LogP contribution in [0.5, 0.6) is 0 Å². The van der Waals surface area contributed by atoms with Crippen molar-refractivity contribution in [2.24, 2.45) is 4.99 Å². The molecule has 0 amide bonds. The number of hydrogen-bond acceptors (Lipinski definition) is 3. The van der Waals surface area contributed by atoms with E-state index in [-0.39, 0.29) is 29.8 Å². The van der Waals surface area contributed by atoms with Crippen LogP contribution in [0.3, 0.4) is 0 Å². The van der Waals surface area contributed by atoms with Crippen LogP contribution in [0.4, 0.5) is 4.39 Å². The molecule has 0 spiro atoms. The first-order valence-corrected chi connectivity index (χ1v) is 7.43. The van der Waals surface area contributed by atoms with Crippen molar-refractivity contribution in [2.75, 3.05) is 40.5 Å². The zero-order valence-corrected chi connectivity index (χ0v) is 16.4. The minimum Gasteiger partial charge on any atom is -0.382 e. The number of aryl methyl sites for hydroxylation is 1. The van der Waals surface area contributed by atoms with Crippen molar-refractivity contribution in [1.29, 1.82) is 0 Å². The Morgan fingerprint density at radius 3 is 2.65 bits per heavy atom. The molecule has 0 saturated carbocycles. The quantitative estimate of drug-likeness (QED) is 0.269. The van der Waals surface area contributed by atoms with Crippen LogP contribution in [0.1, 0.15) is 17.5 Å². The van der Waals surface area contributed by atoms with Crippen LogP contribution < -0.4 is 10.6 Å². The van der Waals surface area contributed by atoms with Crippen LogP contribution in [0.25, 0.3) is 0 Å². The van der Waals surface area contributed by atoms with Crippen LogP contribution in [-0.2, 0) is 16.0 Å². The minimum absolute atomic E-state index is 0. The van der Waals surface area contributed by atoms with E-state index in [4.69, 9.17) is 9.47 Å². The van der Waals surface area contributed by atoms with Gasteiger partial charge < -0.3 is 20.1 Å². The molecule has 0 aromatic heterocycles. The SMILES string of the molecule is CN=C(NCCCOCCOC)NCc1ccc(F)c(C)c1.I. The Bertz CT molecular complexity index is 473. The van der Waals surface area contributed by atoms with Gasteiger partial charge in [0.05, 0.1) is 13.2 Å². The first-order valence-electron chi connectivity index (χ1n) is 7.43. The van der Waals surface area contributed by atoms with E-state index >= 15 is 0 Å². The molecule has 1 aromatic rings. The molecular formula is C16H27FIN3O2. The molecule has 0 aliphatic carbocycles. The second kappa shape index (κ2) is 13.5. The van der Waals surface area contributed by atoms with Gasteiger partial charge in [0.1, 0.15) is 5.82 Å². The maximum atomic E-state index is 13.2. The van der Waals surface area contributed by atoms with Gasteiger partial charge in [0.15, 0.2) is 5.96 Å². The lowest BCUT2D eigenvalue weighted by Gasteiger charge is -2.12. The third-order valence-corrected chi connectivity index (χ3v) is 3.10. The molecule has 132 valence electrons. The third kappa shape index (κ3) is 9.72. The van der Waals surface area contributed by atoms with Crippen molar-refractivity contribution in [2.45, 2.75) is 19.9 Å². The first-order chi connectivity index (χ1) is 10.7. The number of methoxy groups -OCH3 is 1. The molecule has 0 atom stereocenters. The van der Waals surface area contributed by atoms with E-state index in [9.17, 15) is 4.39 Å². The van der Waals surface area contributed by atoms with Gasteiger partial charge in [-0.2, -0.15) is 0 Å². The average Bonchev–Trinajstić information content (AvgIpc) is 2.52. The maximum Gasteiger partial charge on any atom is 0.191 e. The number of nitrogens with one attached hydrogen (secondary N) is 2. The van der Waals surface area contributed by atoms with Gasteiger partial charge in [0.2, 0.25) is 0 Å². The third-order valence-electron chi connectivity index (χ3n) is 3.10. The van der Waals surface area contributed by atoms with Crippen LogP contribution >= 0.6 is 24.0 Å². The molecule has 0 saturated heterocycles.